The number of fused-ring (bicyclic) bond motifs is 1. The molecule has 0 bridgehead atoms. The molecule has 1 aliphatic carbocycles. The summed E-state index contributed by atoms with van der Waals surface area (Å²) in [6, 6.07) is 5.49. The van der Waals surface area contributed by atoms with Crippen LogP contribution < -0.4 is 9.47 Å². The van der Waals surface area contributed by atoms with E-state index in [4.69, 9.17) is 14.2 Å². The molecule has 112 valence electrons. The molecule has 1 aromatic rings. The molecule has 0 amide bonds. The second-order valence-corrected chi connectivity index (χ2v) is 5.63. The van der Waals surface area contributed by atoms with Gasteiger partial charge in [-0.25, -0.2) is 0 Å². The topological polar surface area (TPSA) is 61.8 Å². The van der Waals surface area contributed by atoms with Crippen molar-refractivity contribution in [3.63, 3.8) is 0 Å². The van der Waals surface area contributed by atoms with Crippen molar-refractivity contribution in [3.8, 4) is 11.5 Å². The van der Waals surface area contributed by atoms with E-state index in [1.807, 2.05) is 25.1 Å². The molecule has 2 atom stereocenters. The van der Waals surface area contributed by atoms with Crippen LogP contribution in [-0.4, -0.2) is 18.5 Å². The Kier molecular flexibility index (Phi) is 3.82. The molecule has 1 heterocycles. The van der Waals surface area contributed by atoms with E-state index in [1.165, 1.54) is 0 Å². The number of carbonyl (C=O) groups excluding carboxylic acids is 2. The fraction of sp³-hybridized carbons (Fsp3) is 0.500. The quantitative estimate of drug-likeness (QED) is 0.800. The van der Waals surface area contributed by atoms with Crippen molar-refractivity contribution < 1.29 is 23.8 Å². The summed E-state index contributed by atoms with van der Waals surface area (Å²) in [5.41, 5.74) is 0.868. The van der Waals surface area contributed by atoms with E-state index in [9.17, 15) is 9.59 Å². The highest BCUT2D eigenvalue weighted by Gasteiger charge is 2.30. The Hall–Kier alpha value is -2.04. The minimum absolute atomic E-state index is 0.0400. The fourth-order valence-corrected chi connectivity index (χ4v) is 2.76. The molecular formula is C16H18O5. The lowest BCUT2D eigenvalue weighted by atomic mass is 9.81. The molecule has 1 aliphatic heterocycles. The first-order chi connectivity index (χ1) is 10.1. The van der Waals surface area contributed by atoms with Gasteiger partial charge >= 0.3 is 5.97 Å². The van der Waals surface area contributed by atoms with E-state index in [1.54, 1.807) is 0 Å². The van der Waals surface area contributed by atoms with Gasteiger partial charge in [-0.2, -0.15) is 0 Å². The van der Waals surface area contributed by atoms with E-state index in [0.29, 0.717) is 30.8 Å². The normalized spacial score (nSPS) is 24.0. The van der Waals surface area contributed by atoms with Crippen LogP contribution in [0.1, 0.15) is 31.7 Å². The van der Waals surface area contributed by atoms with Gasteiger partial charge in [-0.3, -0.25) is 9.59 Å². The molecule has 0 saturated heterocycles. The predicted octanol–water partition coefficient (Wildman–Crippen LogP) is 2.46. The summed E-state index contributed by atoms with van der Waals surface area (Å²) in [5, 5.41) is 0. The standard InChI is InChI=1S/C16H18O5/c1-10-6-12(3-4-13(10)17)16(18)19-8-11-2-5-14-15(7-11)21-9-20-14/h2,5,7,10,12H,3-4,6,8-9H2,1H3/t10-,12-/m1/s1. The molecule has 1 fully saturated rings. The summed E-state index contributed by atoms with van der Waals surface area (Å²) in [6.07, 6.45) is 1.67. The van der Waals surface area contributed by atoms with Gasteiger partial charge in [0.25, 0.3) is 0 Å². The first-order valence-corrected chi connectivity index (χ1v) is 7.21. The number of rotatable bonds is 3. The summed E-state index contributed by atoms with van der Waals surface area (Å²) in [6.45, 7) is 2.32. The Morgan fingerprint density at radius 2 is 2.14 bits per heavy atom. The third kappa shape index (κ3) is 3.01. The molecule has 0 unspecified atom stereocenters. The minimum Gasteiger partial charge on any atom is -0.461 e. The van der Waals surface area contributed by atoms with Crippen LogP contribution in [0, 0.1) is 11.8 Å². The SMILES string of the molecule is C[C@@H]1C[C@H](C(=O)OCc2ccc3c(c2)OCO3)CCC1=O. The van der Waals surface area contributed by atoms with Crippen LogP contribution in [0.4, 0.5) is 0 Å². The molecule has 5 nitrogen and oxygen atoms in total. The Morgan fingerprint density at radius 3 is 2.95 bits per heavy atom. The fourth-order valence-electron chi connectivity index (χ4n) is 2.76. The van der Waals surface area contributed by atoms with Crippen molar-refractivity contribution in [2.75, 3.05) is 6.79 Å². The van der Waals surface area contributed by atoms with Crippen LogP contribution in [0.15, 0.2) is 18.2 Å². The summed E-state index contributed by atoms with van der Waals surface area (Å²) < 4.78 is 15.9. The van der Waals surface area contributed by atoms with Crippen molar-refractivity contribution in [2.45, 2.75) is 32.8 Å². The van der Waals surface area contributed by atoms with Crippen molar-refractivity contribution in [1.29, 1.82) is 0 Å². The third-order valence-corrected chi connectivity index (χ3v) is 4.08. The van der Waals surface area contributed by atoms with Crippen LogP contribution in [0.2, 0.25) is 0 Å². The highest BCUT2D eigenvalue weighted by Crippen LogP contribution is 2.33. The molecule has 1 aromatic carbocycles. The molecule has 0 spiro atoms. The molecular weight excluding hydrogens is 272 g/mol. The lowest BCUT2D eigenvalue weighted by Crippen LogP contribution is -2.28. The van der Waals surface area contributed by atoms with E-state index < -0.39 is 0 Å². The maximum absolute atomic E-state index is 12.1. The van der Waals surface area contributed by atoms with E-state index in [2.05, 4.69) is 0 Å². The number of ether oxygens (including phenoxy) is 3. The average molecular weight is 290 g/mol. The monoisotopic (exact) mass is 290 g/mol. The maximum atomic E-state index is 12.1. The van der Waals surface area contributed by atoms with Gasteiger partial charge in [0, 0.05) is 12.3 Å². The molecule has 0 N–H and O–H groups in total. The van der Waals surface area contributed by atoms with E-state index >= 15 is 0 Å². The largest absolute Gasteiger partial charge is 0.461 e. The van der Waals surface area contributed by atoms with E-state index in [-0.39, 0.29) is 37.0 Å². The van der Waals surface area contributed by atoms with E-state index in [0.717, 1.165) is 5.56 Å². The van der Waals surface area contributed by atoms with Gasteiger partial charge < -0.3 is 14.2 Å². The van der Waals surface area contributed by atoms with Crippen molar-refractivity contribution in [2.24, 2.45) is 11.8 Å². The Bertz CT molecular complexity index is 566. The van der Waals surface area contributed by atoms with Crippen molar-refractivity contribution in [1.82, 2.24) is 0 Å². The maximum Gasteiger partial charge on any atom is 0.309 e. The van der Waals surface area contributed by atoms with Crippen LogP contribution in [0.5, 0.6) is 11.5 Å². The number of esters is 1. The van der Waals surface area contributed by atoms with Gasteiger partial charge in [0.05, 0.1) is 5.92 Å². The molecule has 3 rings (SSSR count). The molecule has 0 radical (unpaired) electrons. The smallest absolute Gasteiger partial charge is 0.309 e. The lowest BCUT2D eigenvalue weighted by molar-refractivity contribution is -0.152. The summed E-state index contributed by atoms with van der Waals surface area (Å²) >= 11 is 0. The zero-order valence-electron chi connectivity index (χ0n) is 12.0. The Balaban J connectivity index is 1.55. The van der Waals surface area contributed by atoms with Gasteiger partial charge in [-0.05, 0) is 30.5 Å². The van der Waals surface area contributed by atoms with Gasteiger partial charge in [0.2, 0.25) is 6.79 Å². The van der Waals surface area contributed by atoms with Crippen molar-refractivity contribution >= 4 is 11.8 Å². The highest BCUT2D eigenvalue weighted by atomic mass is 16.7. The number of ketones is 1. The van der Waals surface area contributed by atoms with Gasteiger partial charge in [-0.15, -0.1) is 0 Å². The first-order valence-electron chi connectivity index (χ1n) is 7.21. The third-order valence-electron chi connectivity index (χ3n) is 4.08. The van der Waals surface area contributed by atoms with Crippen LogP contribution in [-0.2, 0) is 20.9 Å². The van der Waals surface area contributed by atoms with Crippen LogP contribution in [0.3, 0.4) is 0 Å². The number of hydrogen-bond donors (Lipinski definition) is 0. The minimum atomic E-state index is -0.216. The average Bonchev–Trinajstić information content (AvgIpc) is 2.95. The van der Waals surface area contributed by atoms with Gasteiger partial charge in [0.15, 0.2) is 11.5 Å². The zero-order valence-corrected chi connectivity index (χ0v) is 12.0. The van der Waals surface area contributed by atoms with Gasteiger partial charge in [0.1, 0.15) is 12.4 Å². The predicted molar refractivity (Wildman–Crippen MR) is 73.9 cm³/mol. The zero-order chi connectivity index (χ0) is 14.8. The highest BCUT2D eigenvalue weighted by molar-refractivity contribution is 5.84. The number of Topliss-reactive ketones (excluding diaryl/α,β-unsaturated/α-hetero) is 1. The van der Waals surface area contributed by atoms with Crippen LogP contribution >= 0.6 is 0 Å². The lowest BCUT2D eigenvalue weighted by Gasteiger charge is -2.24. The van der Waals surface area contributed by atoms with Crippen molar-refractivity contribution in [3.05, 3.63) is 23.8 Å². The molecule has 1 saturated carbocycles. The first kappa shape index (κ1) is 13.9. The molecule has 5 heteroatoms. The van der Waals surface area contributed by atoms with Gasteiger partial charge in [-0.1, -0.05) is 13.0 Å². The molecule has 2 aliphatic rings. The summed E-state index contributed by atoms with van der Waals surface area (Å²) in [5.74, 6) is 1.22. The molecule has 0 aromatic heterocycles. The number of hydrogen-bond acceptors (Lipinski definition) is 5. The Labute approximate surface area is 123 Å². The molecule has 21 heavy (non-hydrogen) atoms. The summed E-state index contributed by atoms with van der Waals surface area (Å²) in [4.78, 5) is 23.5. The Morgan fingerprint density at radius 1 is 1.33 bits per heavy atom. The number of benzene rings is 1. The number of carbonyl (C=O) groups is 2. The summed E-state index contributed by atoms with van der Waals surface area (Å²) in [7, 11) is 0. The second kappa shape index (κ2) is 5.76. The van der Waals surface area contributed by atoms with Crippen LogP contribution in [0.25, 0.3) is 0 Å². The second-order valence-electron chi connectivity index (χ2n) is 5.63.